The zero-order chi connectivity index (χ0) is 13.2. The minimum absolute atomic E-state index is 0.0186. The van der Waals surface area contributed by atoms with E-state index in [-0.39, 0.29) is 22.9 Å². The molecular weight excluding hydrogens is 242 g/mol. The van der Waals surface area contributed by atoms with Crippen molar-refractivity contribution < 1.29 is 15.3 Å². The summed E-state index contributed by atoms with van der Waals surface area (Å²) in [5.74, 6) is -0.699. The van der Waals surface area contributed by atoms with Gasteiger partial charge in [0.25, 0.3) is 0 Å². The summed E-state index contributed by atoms with van der Waals surface area (Å²) in [6, 6.07) is 2.82. The molecule has 0 aliphatic heterocycles. The highest BCUT2D eigenvalue weighted by atomic mass is 35.5. The molecule has 17 heavy (non-hydrogen) atoms. The summed E-state index contributed by atoms with van der Waals surface area (Å²) in [5, 5.41) is 32.0. The molecule has 5 heteroatoms. The van der Waals surface area contributed by atoms with E-state index in [1.807, 2.05) is 20.8 Å². The number of halogens is 1. The topological polar surface area (TPSA) is 72.7 Å². The lowest BCUT2D eigenvalue weighted by molar-refractivity contribution is 0.131. The van der Waals surface area contributed by atoms with Crippen LogP contribution in [0.25, 0.3) is 0 Å². The van der Waals surface area contributed by atoms with Gasteiger partial charge >= 0.3 is 0 Å². The van der Waals surface area contributed by atoms with E-state index in [1.54, 1.807) is 0 Å². The van der Waals surface area contributed by atoms with Crippen molar-refractivity contribution in [3.63, 3.8) is 0 Å². The van der Waals surface area contributed by atoms with E-state index < -0.39 is 11.9 Å². The van der Waals surface area contributed by atoms with Crippen molar-refractivity contribution in [2.75, 3.05) is 0 Å². The SMILES string of the molecule is CC(C)NC(C)C(O)c1ccc(O)c(O)c1Cl. The van der Waals surface area contributed by atoms with E-state index in [4.69, 9.17) is 11.6 Å². The maximum Gasteiger partial charge on any atom is 0.176 e. The predicted octanol–water partition coefficient (Wildman–Crippen LogP) is 2.17. The second-order valence-corrected chi connectivity index (χ2v) is 4.77. The number of hydrogen-bond acceptors (Lipinski definition) is 4. The molecule has 2 atom stereocenters. The van der Waals surface area contributed by atoms with E-state index in [0.717, 1.165) is 0 Å². The molecule has 1 aromatic carbocycles. The van der Waals surface area contributed by atoms with Crippen molar-refractivity contribution in [1.82, 2.24) is 5.32 Å². The second kappa shape index (κ2) is 5.58. The molecule has 1 aromatic rings. The molecule has 0 bridgehead atoms. The maximum absolute atomic E-state index is 10.1. The molecule has 0 amide bonds. The number of hydrogen-bond donors (Lipinski definition) is 4. The van der Waals surface area contributed by atoms with Crippen LogP contribution in [0.4, 0.5) is 0 Å². The van der Waals surface area contributed by atoms with Crippen molar-refractivity contribution in [3.8, 4) is 11.5 Å². The Balaban J connectivity index is 2.96. The highest BCUT2D eigenvalue weighted by Gasteiger charge is 2.22. The van der Waals surface area contributed by atoms with Gasteiger partial charge in [-0.1, -0.05) is 31.5 Å². The van der Waals surface area contributed by atoms with Crippen molar-refractivity contribution in [1.29, 1.82) is 0 Å². The number of nitrogens with one attached hydrogen (secondary N) is 1. The molecule has 1 rings (SSSR count). The molecule has 4 nitrogen and oxygen atoms in total. The Kier molecular flexibility index (Phi) is 4.62. The first-order chi connectivity index (χ1) is 7.84. The molecule has 0 saturated heterocycles. The average molecular weight is 260 g/mol. The van der Waals surface area contributed by atoms with Crippen LogP contribution in [0.1, 0.15) is 32.4 Å². The van der Waals surface area contributed by atoms with E-state index in [2.05, 4.69) is 5.32 Å². The maximum atomic E-state index is 10.1. The Hall–Kier alpha value is -0.970. The first-order valence-corrected chi connectivity index (χ1v) is 5.86. The Bertz CT molecular complexity index is 396. The molecule has 0 heterocycles. The number of benzene rings is 1. The Morgan fingerprint density at radius 3 is 2.29 bits per heavy atom. The molecule has 0 aliphatic carbocycles. The van der Waals surface area contributed by atoms with Crippen LogP contribution in [0, 0.1) is 0 Å². The van der Waals surface area contributed by atoms with Gasteiger partial charge in [-0.05, 0) is 13.0 Å². The summed E-state index contributed by atoms with van der Waals surface area (Å²) in [6.07, 6.45) is -0.851. The van der Waals surface area contributed by atoms with Crippen LogP contribution in [-0.2, 0) is 0 Å². The first kappa shape index (κ1) is 14.1. The van der Waals surface area contributed by atoms with Crippen molar-refractivity contribution in [2.45, 2.75) is 39.0 Å². The fourth-order valence-electron chi connectivity index (χ4n) is 1.68. The third-order valence-corrected chi connectivity index (χ3v) is 2.91. The lowest BCUT2D eigenvalue weighted by atomic mass is 10.0. The fourth-order valence-corrected chi connectivity index (χ4v) is 1.96. The van der Waals surface area contributed by atoms with Crippen molar-refractivity contribution >= 4 is 11.6 Å². The van der Waals surface area contributed by atoms with Crippen LogP contribution >= 0.6 is 11.6 Å². The zero-order valence-electron chi connectivity index (χ0n) is 10.1. The lowest BCUT2D eigenvalue weighted by Gasteiger charge is -2.23. The summed E-state index contributed by atoms with van der Waals surface area (Å²) in [4.78, 5) is 0. The Morgan fingerprint density at radius 2 is 1.76 bits per heavy atom. The summed E-state index contributed by atoms with van der Waals surface area (Å²) in [7, 11) is 0. The van der Waals surface area contributed by atoms with E-state index in [9.17, 15) is 15.3 Å². The van der Waals surface area contributed by atoms with Crippen LogP contribution in [0.2, 0.25) is 5.02 Å². The van der Waals surface area contributed by atoms with Crippen LogP contribution < -0.4 is 5.32 Å². The van der Waals surface area contributed by atoms with E-state index >= 15 is 0 Å². The van der Waals surface area contributed by atoms with Gasteiger partial charge in [0, 0.05) is 17.6 Å². The van der Waals surface area contributed by atoms with Crippen LogP contribution in [0.5, 0.6) is 11.5 Å². The number of aliphatic hydroxyl groups excluding tert-OH is 1. The highest BCUT2D eigenvalue weighted by molar-refractivity contribution is 6.33. The largest absolute Gasteiger partial charge is 0.504 e. The minimum Gasteiger partial charge on any atom is -0.504 e. The summed E-state index contributed by atoms with van der Waals surface area (Å²) >= 11 is 5.88. The van der Waals surface area contributed by atoms with Gasteiger partial charge < -0.3 is 20.6 Å². The number of phenolic OH excluding ortho intramolecular Hbond substituents is 2. The molecule has 0 saturated carbocycles. The predicted molar refractivity (Wildman–Crippen MR) is 67.5 cm³/mol. The molecule has 4 N–H and O–H groups in total. The summed E-state index contributed by atoms with van der Waals surface area (Å²) < 4.78 is 0. The standard InChI is InChI=1S/C12H18ClNO3/c1-6(2)14-7(3)11(16)8-4-5-9(15)12(17)10(8)13/h4-7,11,14-17H,1-3H3. The summed E-state index contributed by atoms with van der Waals surface area (Å²) in [5.41, 5.74) is 0.391. The number of aliphatic hydroxyl groups is 1. The number of phenols is 2. The molecule has 0 fully saturated rings. The zero-order valence-corrected chi connectivity index (χ0v) is 10.9. The molecular formula is C12H18ClNO3. The second-order valence-electron chi connectivity index (χ2n) is 4.39. The first-order valence-electron chi connectivity index (χ1n) is 5.49. The average Bonchev–Trinajstić information content (AvgIpc) is 2.24. The van der Waals surface area contributed by atoms with Gasteiger partial charge in [0.05, 0.1) is 11.1 Å². The molecule has 0 spiro atoms. The van der Waals surface area contributed by atoms with Crippen molar-refractivity contribution in [2.24, 2.45) is 0 Å². The van der Waals surface area contributed by atoms with Gasteiger partial charge in [-0.25, -0.2) is 0 Å². The normalized spacial score (nSPS) is 14.9. The van der Waals surface area contributed by atoms with Gasteiger partial charge in [0.1, 0.15) is 0 Å². The Labute approximate surface area is 106 Å². The van der Waals surface area contributed by atoms with Gasteiger partial charge in [-0.15, -0.1) is 0 Å². The fraction of sp³-hybridized carbons (Fsp3) is 0.500. The molecule has 0 aliphatic rings. The number of aromatic hydroxyl groups is 2. The van der Waals surface area contributed by atoms with Gasteiger partial charge in [0.2, 0.25) is 0 Å². The smallest absolute Gasteiger partial charge is 0.176 e. The van der Waals surface area contributed by atoms with Crippen molar-refractivity contribution in [3.05, 3.63) is 22.7 Å². The van der Waals surface area contributed by atoms with E-state index in [1.165, 1.54) is 12.1 Å². The minimum atomic E-state index is -0.851. The lowest BCUT2D eigenvalue weighted by Crippen LogP contribution is -2.37. The highest BCUT2D eigenvalue weighted by Crippen LogP contribution is 2.38. The van der Waals surface area contributed by atoms with E-state index in [0.29, 0.717) is 5.56 Å². The Morgan fingerprint density at radius 1 is 1.18 bits per heavy atom. The molecule has 0 aromatic heterocycles. The quantitative estimate of drug-likeness (QED) is 0.626. The van der Waals surface area contributed by atoms with Crippen LogP contribution in [-0.4, -0.2) is 27.4 Å². The van der Waals surface area contributed by atoms with Gasteiger partial charge in [-0.2, -0.15) is 0 Å². The number of rotatable bonds is 4. The summed E-state index contributed by atoms with van der Waals surface area (Å²) in [6.45, 7) is 5.77. The van der Waals surface area contributed by atoms with Crippen LogP contribution in [0.15, 0.2) is 12.1 Å². The molecule has 0 radical (unpaired) electrons. The third-order valence-electron chi connectivity index (χ3n) is 2.51. The molecule has 96 valence electrons. The van der Waals surface area contributed by atoms with Crippen LogP contribution in [0.3, 0.4) is 0 Å². The van der Waals surface area contributed by atoms with Gasteiger partial charge in [0.15, 0.2) is 11.5 Å². The van der Waals surface area contributed by atoms with Gasteiger partial charge in [-0.3, -0.25) is 0 Å². The monoisotopic (exact) mass is 259 g/mol. The third kappa shape index (κ3) is 3.25. The molecule has 2 unspecified atom stereocenters.